The molecule has 0 fully saturated rings. The molecule has 0 aromatic rings. The smallest absolute Gasteiger partial charge is 0.305 e. The summed E-state index contributed by atoms with van der Waals surface area (Å²) in [5.74, 6) is -0.0325. The molecule has 1 amide bonds. The first-order chi connectivity index (χ1) is 38.0. The summed E-state index contributed by atoms with van der Waals surface area (Å²) in [5, 5.41) is 23.4. The van der Waals surface area contributed by atoms with Crippen LogP contribution in [0, 0.1) is 0 Å². The average Bonchev–Trinajstić information content (AvgIpc) is 3.43. The summed E-state index contributed by atoms with van der Waals surface area (Å²) in [5.41, 5.74) is 0. The van der Waals surface area contributed by atoms with Crippen LogP contribution in [0.5, 0.6) is 0 Å². The second-order valence-electron chi connectivity index (χ2n) is 23.9. The number of hydrogen-bond donors (Lipinski definition) is 3. The van der Waals surface area contributed by atoms with Gasteiger partial charge in [-0.05, 0) is 83.5 Å². The van der Waals surface area contributed by atoms with Crippen molar-refractivity contribution < 1.29 is 24.5 Å². The Labute approximate surface area is 481 Å². The molecule has 0 rings (SSSR count). The summed E-state index contributed by atoms with van der Waals surface area (Å²) in [6, 6.07) is -0.544. The Hall–Kier alpha value is -1.92. The van der Waals surface area contributed by atoms with E-state index in [-0.39, 0.29) is 18.5 Å². The van der Waals surface area contributed by atoms with Crippen molar-refractivity contribution in [2.75, 3.05) is 13.2 Å². The largest absolute Gasteiger partial charge is 0.466 e. The van der Waals surface area contributed by atoms with Crippen molar-refractivity contribution in [3.8, 4) is 0 Å². The van der Waals surface area contributed by atoms with Gasteiger partial charge in [0.15, 0.2) is 0 Å². The number of hydrogen-bond acceptors (Lipinski definition) is 5. The van der Waals surface area contributed by atoms with Gasteiger partial charge in [-0.15, -0.1) is 0 Å². The number of carbonyl (C=O) groups excluding carboxylic acids is 2. The summed E-state index contributed by atoms with van der Waals surface area (Å²) in [7, 11) is 0. The molecular formula is C71H135NO5. The number of amides is 1. The summed E-state index contributed by atoms with van der Waals surface area (Å²) in [6.45, 7) is 4.96. The van der Waals surface area contributed by atoms with Crippen molar-refractivity contribution in [1.82, 2.24) is 5.32 Å². The van der Waals surface area contributed by atoms with Gasteiger partial charge in [0.05, 0.1) is 25.4 Å². The molecule has 6 heteroatoms. The van der Waals surface area contributed by atoms with E-state index in [0.717, 1.165) is 51.4 Å². The fourth-order valence-electron chi connectivity index (χ4n) is 10.8. The summed E-state index contributed by atoms with van der Waals surface area (Å²) in [6.07, 6.45) is 84.7. The summed E-state index contributed by atoms with van der Waals surface area (Å²) in [4.78, 5) is 24.6. The molecule has 0 aliphatic carbocycles. The van der Waals surface area contributed by atoms with Gasteiger partial charge in [0.2, 0.25) is 5.91 Å². The zero-order valence-electron chi connectivity index (χ0n) is 52.0. The van der Waals surface area contributed by atoms with Gasteiger partial charge in [-0.1, -0.05) is 320 Å². The zero-order chi connectivity index (χ0) is 55.7. The van der Waals surface area contributed by atoms with Crippen LogP contribution in [0.2, 0.25) is 0 Å². The van der Waals surface area contributed by atoms with Crippen molar-refractivity contribution in [1.29, 1.82) is 0 Å². The van der Waals surface area contributed by atoms with E-state index in [0.29, 0.717) is 25.9 Å². The number of unbranched alkanes of at least 4 members (excludes halogenated alkanes) is 48. The Morgan fingerprint density at radius 1 is 0.364 bits per heavy atom. The van der Waals surface area contributed by atoms with Crippen molar-refractivity contribution in [2.45, 2.75) is 392 Å². The number of carbonyl (C=O) groups is 2. The third kappa shape index (κ3) is 63.1. The first kappa shape index (κ1) is 75.1. The minimum atomic E-state index is -0.666. The Balaban J connectivity index is 3.39. The molecule has 0 heterocycles. The second kappa shape index (κ2) is 66.6. The van der Waals surface area contributed by atoms with Gasteiger partial charge in [0.25, 0.3) is 0 Å². The van der Waals surface area contributed by atoms with Gasteiger partial charge in [0.1, 0.15) is 0 Å². The van der Waals surface area contributed by atoms with Crippen molar-refractivity contribution in [3.05, 3.63) is 36.5 Å². The highest BCUT2D eigenvalue weighted by molar-refractivity contribution is 5.76. The van der Waals surface area contributed by atoms with Crippen LogP contribution in [-0.4, -0.2) is 47.4 Å². The maximum atomic E-state index is 12.5. The van der Waals surface area contributed by atoms with Crippen LogP contribution in [0.3, 0.4) is 0 Å². The van der Waals surface area contributed by atoms with Crippen LogP contribution in [0.4, 0.5) is 0 Å². The van der Waals surface area contributed by atoms with E-state index in [9.17, 15) is 19.8 Å². The van der Waals surface area contributed by atoms with Crippen molar-refractivity contribution >= 4 is 11.9 Å². The molecule has 3 N–H and O–H groups in total. The number of aliphatic hydroxyl groups excluding tert-OH is 2. The van der Waals surface area contributed by atoms with E-state index in [1.165, 1.54) is 295 Å². The Kier molecular flexibility index (Phi) is 64.9. The van der Waals surface area contributed by atoms with Gasteiger partial charge in [-0.2, -0.15) is 0 Å². The standard InChI is InChI=1S/C71H135NO5/c1-3-5-7-9-11-13-15-17-19-21-32-35-39-43-47-51-55-59-63-69(74)68(67-73)72-70(75)64-60-56-52-48-44-40-36-33-30-28-26-24-22-23-25-27-29-31-34-38-42-46-50-54-58-62-66-77-71(76)65-61-57-53-49-45-41-37-20-18-16-14-12-10-8-6-4-2/h14,16,20,22,24,37,68-69,73-74H,3-13,15,17-19,21,23,25-36,38-67H2,1-2H3,(H,72,75)/b16-14-,24-22-,37-20-. The van der Waals surface area contributed by atoms with E-state index in [2.05, 4.69) is 55.6 Å². The highest BCUT2D eigenvalue weighted by atomic mass is 16.5. The lowest BCUT2D eigenvalue weighted by molar-refractivity contribution is -0.143. The molecule has 2 unspecified atom stereocenters. The van der Waals surface area contributed by atoms with Gasteiger partial charge >= 0.3 is 5.97 Å². The number of rotatable bonds is 65. The molecule has 77 heavy (non-hydrogen) atoms. The van der Waals surface area contributed by atoms with Crippen molar-refractivity contribution in [3.63, 3.8) is 0 Å². The van der Waals surface area contributed by atoms with Crippen LogP contribution >= 0.6 is 0 Å². The summed E-state index contributed by atoms with van der Waals surface area (Å²) < 4.78 is 5.49. The highest BCUT2D eigenvalue weighted by Gasteiger charge is 2.20. The maximum Gasteiger partial charge on any atom is 0.305 e. The topological polar surface area (TPSA) is 95.9 Å². The van der Waals surface area contributed by atoms with Gasteiger partial charge in [-0.25, -0.2) is 0 Å². The molecule has 0 aliphatic rings. The van der Waals surface area contributed by atoms with E-state index < -0.39 is 12.1 Å². The molecule has 0 saturated carbocycles. The van der Waals surface area contributed by atoms with E-state index in [1.807, 2.05) is 0 Å². The van der Waals surface area contributed by atoms with Gasteiger partial charge < -0.3 is 20.3 Å². The first-order valence-electron chi connectivity index (χ1n) is 34.7. The van der Waals surface area contributed by atoms with Crippen LogP contribution in [0.1, 0.15) is 380 Å². The quantitative estimate of drug-likeness (QED) is 0.0320. The van der Waals surface area contributed by atoms with Crippen LogP contribution in [-0.2, 0) is 14.3 Å². The molecule has 0 aromatic heterocycles. The molecule has 6 nitrogen and oxygen atoms in total. The van der Waals surface area contributed by atoms with E-state index in [4.69, 9.17) is 4.74 Å². The monoisotopic (exact) mass is 1080 g/mol. The molecule has 0 bridgehead atoms. The van der Waals surface area contributed by atoms with Crippen LogP contribution < -0.4 is 5.32 Å². The van der Waals surface area contributed by atoms with Crippen LogP contribution in [0.25, 0.3) is 0 Å². The zero-order valence-corrected chi connectivity index (χ0v) is 52.0. The molecule has 0 spiro atoms. The average molecular weight is 1080 g/mol. The fourth-order valence-corrected chi connectivity index (χ4v) is 10.8. The Bertz CT molecular complexity index is 1250. The van der Waals surface area contributed by atoms with Gasteiger partial charge in [0, 0.05) is 12.8 Å². The number of allylic oxidation sites excluding steroid dienone is 6. The molecular weight excluding hydrogens is 947 g/mol. The molecule has 0 aromatic carbocycles. The molecule has 2 atom stereocenters. The molecule has 0 radical (unpaired) electrons. The summed E-state index contributed by atoms with van der Waals surface area (Å²) >= 11 is 0. The van der Waals surface area contributed by atoms with E-state index in [1.54, 1.807) is 0 Å². The molecule has 454 valence electrons. The lowest BCUT2D eigenvalue weighted by atomic mass is 10.0. The lowest BCUT2D eigenvalue weighted by Gasteiger charge is -2.22. The lowest BCUT2D eigenvalue weighted by Crippen LogP contribution is -2.45. The Morgan fingerprint density at radius 2 is 0.649 bits per heavy atom. The Morgan fingerprint density at radius 3 is 1.01 bits per heavy atom. The first-order valence-corrected chi connectivity index (χ1v) is 34.7. The maximum absolute atomic E-state index is 12.5. The number of ether oxygens (including phenoxy) is 1. The van der Waals surface area contributed by atoms with E-state index >= 15 is 0 Å². The predicted octanol–water partition coefficient (Wildman–Crippen LogP) is 22.3. The minimum absolute atomic E-state index is 0.00128. The molecule has 0 saturated heterocycles. The number of esters is 1. The third-order valence-electron chi connectivity index (χ3n) is 16.2. The second-order valence-corrected chi connectivity index (χ2v) is 23.9. The predicted molar refractivity (Wildman–Crippen MR) is 338 cm³/mol. The highest BCUT2D eigenvalue weighted by Crippen LogP contribution is 2.18. The van der Waals surface area contributed by atoms with Crippen LogP contribution in [0.15, 0.2) is 36.5 Å². The number of nitrogens with one attached hydrogen (secondary N) is 1. The minimum Gasteiger partial charge on any atom is -0.466 e. The van der Waals surface area contributed by atoms with Gasteiger partial charge in [-0.3, -0.25) is 9.59 Å². The third-order valence-corrected chi connectivity index (χ3v) is 16.2. The molecule has 0 aliphatic heterocycles. The SMILES string of the molecule is CCCCCC/C=C\C/C=C\CCCCCCCC(=O)OCCCCCCCCCCCCCC/C=C\CCCCCCCCCCCCC(=O)NC(CO)C(O)CCCCCCCCCCCCCCCCCCCC. The normalized spacial score (nSPS) is 12.7. The fraction of sp³-hybridized carbons (Fsp3) is 0.887. The van der Waals surface area contributed by atoms with Crippen molar-refractivity contribution in [2.24, 2.45) is 0 Å². The number of aliphatic hydroxyl groups is 2.